The Morgan fingerprint density at radius 1 is 1.44 bits per heavy atom. The van der Waals surface area contributed by atoms with E-state index in [-0.39, 0.29) is 0 Å². The van der Waals surface area contributed by atoms with Crippen LogP contribution in [0.3, 0.4) is 0 Å². The number of H-pyrrole nitrogens is 1. The summed E-state index contributed by atoms with van der Waals surface area (Å²) < 4.78 is 1.07. The van der Waals surface area contributed by atoms with Crippen molar-refractivity contribution >= 4 is 33.2 Å². The van der Waals surface area contributed by atoms with Crippen LogP contribution in [0.15, 0.2) is 17.9 Å². The third kappa shape index (κ3) is 1.78. The number of aromatic nitrogens is 4. The monoisotopic (exact) mass is 260 g/mol. The first-order valence-electron chi connectivity index (χ1n) is 5.46. The maximum atomic E-state index is 5.73. The number of fused-ring (bicyclic) bond motifs is 1. The van der Waals surface area contributed by atoms with Crippen molar-refractivity contribution in [2.45, 2.75) is 13.5 Å². The smallest absolute Gasteiger partial charge is 0.147 e. The number of hydrogen-bond donors (Lipinski definition) is 3. The third-order valence-electron chi connectivity index (χ3n) is 2.73. The van der Waals surface area contributed by atoms with Crippen LogP contribution in [-0.4, -0.2) is 20.2 Å². The quantitative estimate of drug-likeness (QED) is 0.669. The van der Waals surface area contributed by atoms with Crippen LogP contribution >= 0.6 is 11.3 Å². The molecule has 0 unspecified atom stereocenters. The van der Waals surface area contributed by atoms with Crippen molar-refractivity contribution < 1.29 is 0 Å². The Balaban J connectivity index is 1.89. The maximum Gasteiger partial charge on any atom is 0.147 e. The summed E-state index contributed by atoms with van der Waals surface area (Å²) in [7, 11) is 0. The van der Waals surface area contributed by atoms with Crippen molar-refractivity contribution in [3.63, 3.8) is 0 Å². The Morgan fingerprint density at radius 3 is 3.11 bits per heavy atom. The summed E-state index contributed by atoms with van der Waals surface area (Å²) in [6, 6.07) is 0. The van der Waals surface area contributed by atoms with E-state index in [4.69, 9.17) is 5.73 Å². The molecule has 3 aromatic rings. The highest BCUT2D eigenvalue weighted by Gasteiger charge is 2.08. The van der Waals surface area contributed by atoms with Crippen LogP contribution in [0, 0.1) is 6.92 Å². The van der Waals surface area contributed by atoms with E-state index in [0.717, 1.165) is 21.6 Å². The van der Waals surface area contributed by atoms with Gasteiger partial charge in [-0.2, -0.15) is 5.10 Å². The molecule has 0 bridgehead atoms. The number of nitrogens with one attached hydrogen (secondary N) is 2. The Morgan fingerprint density at radius 2 is 2.33 bits per heavy atom. The van der Waals surface area contributed by atoms with Crippen molar-refractivity contribution in [1.82, 2.24) is 20.2 Å². The number of rotatable bonds is 3. The summed E-state index contributed by atoms with van der Waals surface area (Å²) >= 11 is 1.64. The van der Waals surface area contributed by atoms with E-state index in [1.165, 1.54) is 5.56 Å². The minimum Gasteiger partial charge on any atom is -0.384 e. The van der Waals surface area contributed by atoms with Crippen molar-refractivity contribution in [2.24, 2.45) is 0 Å². The van der Waals surface area contributed by atoms with Gasteiger partial charge in [0.2, 0.25) is 0 Å². The zero-order valence-corrected chi connectivity index (χ0v) is 10.6. The highest BCUT2D eigenvalue weighted by molar-refractivity contribution is 7.18. The zero-order chi connectivity index (χ0) is 12.5. The molecule has 0 fully saturated rings. The molecule has 3 heterocycles. The Hall–Kier alpha value is -2.15. The van der Waals surface area contributed by atoms with Gasteiger partial charge in [-0.25, -0.2) is 9.97 Å². The maximum absolute atomic E-state index is 5.73. The van der Waals surface area contributed by atoms with Crippen LogP contribution in [0.1, 0.15) is 11.1 Å². The summed E-state index contributed by atoms with van der Waals surface area (Å²) in [5.41, 5.74) is 8.83. The number of aryl methyl sites for hydroxylation is 1. The van der Waals surface area contributed by atoms with Crippen LogP contribution in [0.4, 0.5) is 11.6 Å². The van der Waals surface area contributed by atoms with Crippen molar-refractivity contribution in [1.29, 1.82) is 0 Å². The Bertz CT molecular complexity index is 686. The van der Waals surface area contributed by atoms with E-state index in [1.807, 2.05) is 6.92 Å². The molecule has 0 atom stereocenters. The first-order chi connectivity index (χ1) is 8.75. The molecule has 0 radical (unpaired) electrons. The lowest BCUT2D eigenvalue weighted by atomic mass is 10.3. The van der Waals surface area contributed by atoms with Gasteiger partial charge in [0.25, 0.3) is 0 Å². The van der Waals surface area contributed by atoms with Gasteiger partial charge in [0.05, 0.1) is 16.4 Å². The molecule has 0 saturated heterocycles. The van der Waals surface area contributed by atoms with Gasteiger partial charge in [-0.15, -0.1) is 11.3 Å². The van der Waals surface area contributed by atoms with Crippen LogP contribution in [0.2, 0.25) is 0 Å². The van der Waals surface area contributed by atoms with Crippen molar-refractivity contribution in [3.05, 3.63) is 29.0 Å². The fourth-order valence-corrected chi connectivity index (χ4v) is 2.70. The van der Waals surface area contributed by atoms with Gasteiger partial charge in [0, 0.05) is 12.1 Å². The molecule has 0 aliphatic carbocycles. The van der Waals surface area contributed by atoms with Crippen LogP contribution in [-0.2, 0) is 6.54 Å². The average Bonchev–Trinajstić information content (AvgIpc) is 2.95. The van der Waals surface area contributed by atoms with E-state index in [0.29, 0.717) is 12.4 Å². The first kappa shape index (κ1) is 11.0. The molecule has 0 aliphatic heterocycles. The molecule has 7 heteroatoms. The predicted molar refractivity (Wildman–Crippen MR) is 72.5 cm³/mol. The van der Waals surface area contributed by atoms with Gasteiger partial charge in [-0.05, 0) is 17.9 Å². The first-order valence-corrected chi connectivity index (χ1v) is 6.34. The number of aromatic amines is 1. The highest BCUT2D eigenvalue weighted by atomic mass is 32.1. The molecular formula is C11H12N6S. The van der Waals surface area contributed by atoms with Gasteiger partial charge < -0.3 is 11.1 Å². The lowest BCUT2D eigenvalue weighted by molar-refractivity contribution is 1.10. The Kier molecular flexibility index (Phi) is 2.60. The summed E-state index contributed by atoms with van der Waals surface area (Å²) in [6.45, 7) is 2.63. The largest absolute Gasteiger partial charge is 0.384 e. The van der Waals surface area contributed by atoms with Gasteiger partial charge >= 0.3 is 0 Å². The molecule has 3 rings (SSSR count). The summed E-state index contributed by atoms with van der Waals surface area (Å²) in [4.78, 5) is 8.55. The molecule has 0 saturated carbocycles. The number of nitrogens with zero attached hydrogens (tertiary/aromatic N) is 3. The second kappa shape index (κ2) is 4.26. The van der Waals surface area contributed by atoms with Gasteiger partial charge in [-0.3, -0.25) is 5.10 Å². The topological polar surface area (TPSA) is 92.5 Å². The van der Waals surface area contributed by atoms with Gasteiger partial charge in [0.15, 0.2) is 0 Å². The summed E-state index contributed by atoms with van der Waals surface area (Å²) in [6.07, 6.45) is 3.28. The second-order valence-electron chi connectivity index (χ2n) is 3.98. The fraction of sp³-hybridized carbons (Fsp3) is 0.182. The number of anilines is 2. The van der Waals surface area contributed by atoms with Crippen LogP contribution in [0.5, 0.6) is 0 Å². The van der Waals surface area contributed by atoms with Crippen molar-refractivity contribution in [3.8, 4) is 0 Å². The summed E-state index contributed by atoms with van der Waals surface area (Å²) in [5, 5.41) is 11.9. The standard InChI is InChI=1S/C11H12N6S/c1-6-4-18-9-8(6)14-5-15-11(9)13-2-7-3-16-17-10(7)12/h3-5H,2H2,1H3,(H3,12,16,17)(H,13,14,15). The summed E-state index contributed by atoms with van der Waals surface area (Å²) in [5.74, 6) is 1.41. The van der Waals surface area contributed by atoms with E-state index < -0.39 is 0 Å². The molecule has 4 N–H and O–H groups in total. The highest BCUT2D eigenvalue weighted by Crippen LogP contribution is 2.28. The normalized spacial score (nSPS) is 10.9. The molecule has 18 heavy (non-hydrogen) atoms. The molecule has 3 aromatic heterocycles. The second-order valence-corrected chi connectivity index (χ2v) is 4.86. The molecular weight excluding hydrogens is 248 g/mol. The van der Waals surface area contributed by atoms with E-state index in [9.17, 15) is 0 Å². The fourth-order valence-electron chi connectivity index (χ4n) is 1.74. The molecule has 0 spiro atoms. The van der Waals surface area contributed by atoms with E-state index in [1.54, 1.807) is 23.9 Å². The Labute approximate surface area is 107 Å². The molecule has 92 valence electrons. The third-order valence-corrected chi connectivity index (χ3v) is 3.82. The molecule has 0 amide bonds. The number of nitrogens with two attached hydrogens (primary N) is 1. The van der Waals surface area contributed by atoms with E-state index in [2.05, 4.69) is 30.9 Å². The molecule has 0 aromatic carbocycles. The molecule has 0 aliphatic rings. The zero-order valence-electron chi connectivity index (χ0n) is 9.77. The lowest BCUT2D eigenvalue weighted by Crippen LogP contribution is -2.03. The van der Waals surface area contributed by atoms with E-state index >= 15 is 0 Å². The van der Waals surface area contributed by atoms with Crippen molar-refractivity contribution in [2.75, 3.05) is 11.1 Å². The predicted octanol–water partition coefficient (Wildman–Crippen LogP) is 1.92. The van der Waals surface area contributed by atoms with Gasteiger partial charge in [0.1, 0.15) is 18.0 Å². The van der Waals surface area contributed by atoms with Crippen LogP contribution in [0.25, 0.3) is 10.2 Å². The number of nitrogen functional groups attached to an aromatic ring is 1. The minimum absolute atomic E-state index is 0.579. The van der Waals surface area contributed by atoms with Crippen LogP contribution < -0.4 is 11.1 Å². The minimum atomic E-state index is 0.579. The number of hydrogen-bond acceptors (Lipinski definition) is 6. The average molecular weight is 260 g/mol. The SMILES string of the molecule is Cc1csc2c(NCc3cn[nH]c3N)ncnc12. The van der Waals surface area contributed by atoms with Gasteiger partial charge in [-0.1, -0.05) is 0 Å². The molecule has 6 nitrogen and oxygen atoms in total. The number of thiophene rings is 1. The lowest BCUT2D eigenvalue weighted by Gasteiger charge is -2.05.